The first-order chi connectivity index (χ1) is 18.9. The first-order valence-corrected chi connectivity index (χ1v) is 14.8. The van der Waals surface area contributed by atoms with Gasteiger partial charge in [-0.05, 0) is 60.8 Å². The molecule has 10 nitrogen and oxygen atoms in total. The molecule has 2 saturated heterocycles. The maximum atomic E-state index is 13.2. The Morgan fingerprint density at radius 1 is 1.05 bits per heavy atom. The fourth-order valence-electron chi connectivity index (χ4n) is 5.35. The summed E-state index contributed by atoms with van der Waals surface area (Å²) in [4.78, 5) is 17.0. The molecule has 2 aliphatic rings. The van der Waals surface area contributed by atoms with Crippen LogP contribution in [0.3, 0.4) is 0 Å². The molecular weight excluding hydrogens is 514 g/mol. The first-order valence-electron chi connectivity index (χ1n) is 13.3. The van der Waals surface area contributed by atoms with Crippen molar-refractivity contribution in [3.8, 4) is 11.3 Å². The summed E-state index contributed by atoms with van der Waals surface area (Å²) in [6.45, 7) is 5.43. The third kappa shape index (κ3) is 5.76. The van der Waals surface area contributed by atoms with Gasteiger partial charge in [0.1, 0.15) is 17.8 Å². The van der Waals surface area contributed by atoms with Crippen molar-refractivity contribution >= 4 is 32.6 Å². The largest absolute Gasteiger partial charge is 0.378 e. The number of aromatic nitrogens is 3. The number of benzene rings is 2. The topological polar surface area (TPSA) is 129 Å². The van der Waals surface area contributed by atoms with Crippen LogP contribution in [0.25, 0.3) is 22.3 Å². The molecular formula is C28H33N7O3S. The van der Waals surface area contributed by atoms with Crippen LogP contribution in [0.4, 0.5) is 11.5 Å². The van der Waals surface area contributed by atoms with Crippen molar-refractivity contribution in [2.45, 2.75) is 30.3 Å². The van der Waals surface area contributed by atoms with Gasteiger partial charge in [0.05, 0.1) is 23.5 Å². The van der Waals surface area contributed by atoms with Crippen molar-refractivity contribution in [1.82, 2.24) is 19.9 Å². The third-order valence-corrected chi connectivity index (χ3v) is 8.70. The second-order valence-electron chi connectivity index (χ2n) is 10.2. The van der Waals surface area contributed by atoms with Gasteiger partial charge in [0.2, 0.25) is 0 Å². The van der Waals surface area contributed by atoms with Gasteiger partial charge in [-0.3, -0.25) is 9.62 Å². The van der Waals surface area contributed by atoms with Crippen LogP contribution in [0.15, 0.2) is 65.8 Å². The molecule has 204 valence electrons. The summed E-state index contributed by atoms with van der Waals surface area (Å²) in [5.41, 5.74) is 10.1. The molecule has 4 N–H and O–H groups in total. The SMILES string of the molecule is NC1CCCN(Cc2cccc(S(=O)(=O)Nc3ccc(-c4cc5c(N6CCOCC6)ncnc5[nH]4)cc3)c2)C1. The summed E-state index contributed by atoms with van der Waals surface area (Å²) >= 11 is 0. The number of hydrogen-bond donors (Lipinski definition) is 3. The lowest BCUT2D eigenvalue weighted by Crippen LogP contribution is -2.42. The Balaban J connectivity index is 1.17. The Hall–Kier alpha value is -3.51. The number of sulfonamides is 1. The molecule has 2 fully saturated rings. The number of morpholine rings is 1. The standard InChI is InChI=1S/C28H33N7O3S/c29-22-4-2-10-34(18-22)17-20-3-1-5-24(15-20)39(36,37)33-23-8-6-21(7-9-23)26-16-25-27(32-26)30-19-31-28(25)35-11-13-38-14-12-35/h1,3,5-9,15-16,19,22,33H,2,4,10-14,17-18,29H2,(H,30,31,32). The van der Waals surface area contributed by atoms with Crippen molar-refractivity contribution < 1.29 is 13.2 Å². The molecule has 39 heavy (non-hydrogen) atoms. The van der Waals surface area contributed by atoms with Gasteiger partial charge in [-0.1, -0.05) is 24.3 Å². The Bertz CT molecular complexity index is 1550. The maximum Gasteiger partial charge on any atom is 0.261 e. The van der Waals surface area contributed by atoms with Crippen molar-refractivity contribution in [2.24, 2.45) is 5.73 Å². The Kier molecular flexibility index (Phi) is 7.22. The van der Waals surface area contributed by atoms with E-state index in [-0.39, 0.29) is 10.9 Å². The summed E-state index contributed by atoms with van der Waals surface area (Å²) in [5, 5.41) is 0.950. The highest BCUT2D eigenvalue weighted by atomic mass is 32.2. The number of nitrogens with one attached hydrogen (secondary N) is 2. The zero-order chi connectivity index (χ0) is 26.8. The minimum atomic E-state index is -3.74. The summed E-state index contributed by atoms with van der Waals surface area (Å²) in [6.07, 6.45) is 3.68. The van der Waals surface area contributed by atoms with E-state index in [0.29, 0.717) is 25.4 Å². The smallest absolute Gasteiger partial charge is 0.261 e. The number of rotatable bonds is 7. The Labute approximate surface area is 228 Å². The molecule has 1 atom stereocenters. The summed E-state index contributed by atoms with van der Waals surface area (Å²) in [6, 6.07) is 16.7. The number of hydrogen-bond acceptors (Lipinski definition) is 8. The molecule has 0 spiro atoms. The van der Waals surface area contributed by atoms with Crippen LogP contribution >= 0.6 is 0 Å². The lowest BCUT2D eigenvalue weighted by molar-refractivity contribution is 0.122. The van der Waals surface area contributed by atoms with Crippen LogP contribution in [-0.4, -0.2) is 73.7 Å². The lowest BCUT2D eigenvalue weighted by Gasteiger charge is -2.30. The number of fused-ring (bicyclic) bond motifs is 1. The molecule has 2 aromatic carbocycles. The molecule has 4 aromatic rings. The van der Waals surface area contributed by atoms with E-state index in [4.69, 9.17) is 10.5 Å². The van der Waals surface area contributed by atoms with E-state index < -0.39 is 10.0 Å². The summed E-state index contributed by atoms with van der Waals surface area (Å²) < 4.78 is 34.5. The molecule has 4 heterocycles. The minimum Gasteiger partial charge on any atom is -0.378 e. The fraction of sp³-hybridized carbons (Fsp3) is 0.357. The zero-order valence-corrected chi connectivity index (χ0v) is 22.5. The van der Waals surface area contributed by atoms with Gasteiger partial charge < -0.3 is 20.4 Å². The molecule has 2 aliphatic heterocycles. The number of nitrogens with zero attached hydrogens (tertiary/aromatic N) is 4. The molecule has 0 saturated carbocycles. The normalized spacial score (nSPS) is 18.9. The highest BCUT2D eigenvalue weighted by molar-refractivity contribution is 7.92. The monoisotopic (exact) mass is 547 g/mol. The fourth-order valence-corrected chi connectivity index (χ4v) is 6.47. The lowest BCUT2D eigenvalue weighted by atomic mass is 10.1. The molecule has 0 radical (unpaired) electrons. The van der Waals surface area contributed by atoms with Crippen molar-refractivity contribution in [3.05, 3.63) is 66.5 Å². The second-order valence-corrected chi connectivity index (χ2v) is 11.9. The minimum absolute atomic E-state index is 0.180. The number of nitrogens with two attached hydrogens (primary N) is 1. The van der Waals surface area contributed by atoms with Crippen LogP contribution in [0.1, 0.15) is 18.4 Å². The number of H-pyrrole nitrogens is 1. The van der Waals surface area contributed by atoms with Crippen molar-refractivity contribution in [2.75, 3.05) is 49.0 Å². The van der Waals surface area contributed by atoms with Crippen LogP contribution in [-0.2, 0) is 21.3 Å². The van der Waals surface area contributed by atoms with E-state index in [1.165, 1.54) is 0 Å². The predicted molar refractivity (Wildman–Crippen MR) is 152 cm³/mol. The van der Waals surface area contributed by atoms with E-state index in [9.17, 15) is 8.42 Å². The van der Waals surface area contributed by atoms with E-state index in [2.05, 4.69) is 29.5 Å². The van der Waals surface area contributed by atoms with Gasteiger partial charge in [0.25, 0.3) is 10.0 Å². The van der Waals surface area contributed by atoms with Gasteiger partial charge in [0.15, 0.2) is 0 Å². The molecule has 11 heteroatoms. The molecule has 2 aromatic heterocycles. The van der Waals surface area contributed by atoms with Crippen LogP contribution < -0.4 is 15.4 Å². The average Bonchev–Trinajstić information content (AvgIpc) is 3.39. The zero-order valence-electron chi connectivity index (χ0n) is 21.7. The number of ether oxygens (including phenoxy) is 1. The summed E-state index contributed by atoms with van der Waals surface area (Å²) in [7, 11) is -3.74. The van der Waals surface area contributed by atoms with Crippen LogP contribution in [0.2, 0.25) is 0 Å². The van der Waals surface area contributed by atoms with E-state index in [1.807, 2.05) is 24.3 Å². The van der Waals surface area contributed by atoms with Crippen molar-refractivity contribution in [1.29, 1.82) is 0 Å². The van der Waals surface area contributed by atoms with E-state index in [0.717, 1.165) is 72.7 Å². The number of likely N-dealkylation sites (tertiary alicyclic amines) is 1. The van der Waals surface area contributed by atoms with Gasteiger partial charge in [0, 0.05) is 43.6 Å². The van der Waals surface area contributed by atoms with Gasteiger partial charge in [-0.15, -0.1) is 0 Å². The van der Waals surface area contributed by atoms with Gasteiger partial charge >= 0.3 is 0 Å². The van der Waals surface area contributed by atoms with E-state index >= 15 is 0 Å². The maximum absolute atomic E-state index is 13.2. The van der Waals surface area contributed by atoms with Gasteiger partial charge in [-0.25, -0.2) is 18.4 Å². The van der Waals surface area contributed by atoms with Gasteiger partial charge in [-0.2, -0.15) is 0 Å². The Morgan fingerprint density at radius 2 is 1.87 bits per heavy atom. The average molecular weight is 548 g/mol. The van der Waals surface area contributed by atoms with Crippen LogP contribution in [0.5, 0.6) is 0 Å². The highest BCUT2D eigenvalue weighted by Crippen LogP contribution is 2.30. The molecule has 6 rings (SSSR count). The Morgan fingerprint density at radius 3 is 2.67 bits per heavy atom. The third-order valence-electron chi connectivity index (χ3n) is 7.32. The molecule has 0 bridgehead atoms. The highest BCUT2D eigenvalue weighted by Gasteiger charge is 2.20. The number of anilines is 2. The van der Waals surface area contributed by atoms with E-state index in [1.54, 1.807) is 36.7 Å². The number of piperidine rings is 1. The number of aromatic amines is 1. The predicted octanol–water partition coefficient (Wildman–Crippen LogP) is 3.19. The van der Waals surface area contributed by atoms with Crippen LogP contribution in [0, 0.1) is 0 Å². The molecule has 0 aliphatic carbocycles. The first kappa shape index (κ1) is 25.8. The quantitative estimate of drug-likeness (QED) is 0.322. The molecule has 1 unspecified atom stereocenters. The summed E-state index contributed by atoms with van der Waals surface area (Å²) in [5.74, 6) is 0.889. The second kappa shape index (κ2) is 10.9. The molecule has 0 amide bonds. The van der Waals surface area contributed by atoms with Crippen molar-refractivity contribution in [3.63, 3.8) is 0 Å².